The van der Waals surface area contributed by atoms with Crippen LogP contribution in [-0.2, 0) is 26.2 Å². The minimum absolute atomic E-state index is 0.0612. The molecule has 9 heteroatoms. The first-order valence-electron chi connectivity index (χ1n) is 11.9. The smallest absolute Gasteiger partial charge is 0.242 e. The Morgan fingerprint density at radius 1 is 1.03 bits per heavy atom. The molecule has 35 heavy (non-hydrogen) atoms. The average molecular weight is 506 g/mol. The lowest BCUT2D eigenvalue weighted by atomic mass is 10.1. The highest BCUT2D eigenvalue weighted by atomic mass is 32.2. The Morgan fingerprint density at radius 2 is 1.66 bits per heavy atom. The molecule has 0 aliphatic rings. The second-order valence-electron chi connectivity index (χ2n) is 8.74. The standard InChI is InChI=1S/C26H36FN3O4S/c1-5-6-17-28-26(32)21(3)29(19-22-11-13-23(27)14-12-22)25(31)8-7-18-30(35(4,33)34)24-15-9-20(2)10-16-24/h9-16,21H,5-8,17-19H2,1-4H3,(H,28,32). The molecule has 0 spiro atoms. The first-order chi connectivity index (χ1) is 16.5. The van der Waals surface area contributed by atoms with Crippen molar-refractivity contribution >= 4 is 27.5 Å². The quantitative estimate of drug-likeness (QED) is 0.417. The predicted octanol–water partition coefficient (Wildman–Crippen LogP) is 4.01. The van der Waals surface area contributed by atoms with E-state index in [2.05, 4.69) is 5.32 Å². The highest BCUT2D eigenvalue weighted by Crippen LogP contribution is 2.20. The summed E-state index contributed by atoms with van der Waals surface area (Å²) in [5.74, 6) is -0.912. The molecular formula is C26H36FN3O4S. The number of nitrogens with one attached hydrogen (secondary N) is 1. The predicted molar refractivity (Wildman–Crippen MR) is 137 cm³/mol. The lowest BCUT2D eigenvalue weighted by molar-refractivity contribution is -0.140. The number of carbonyl (C=O) groups excluding carboxylic acids is 2. The molecule has 7 nitrogen and oxygen atoms in total. The van der Waals surface area contributed by atoms with Crippen LogP contribution >= 0.6 is 0 Å². The molecule has 0 heterocycles. The summed E-state index contributed by atoms with van der Waals surface area (Å²) in [6, 6.07) is 12.2. The average Bonchev–Trinajstić information content (AvgIpc) is 2.81. The van der Waals surface area contributed by atoms with Crippen molar-refractivity contribution in [2.45, 2.75) is 59.0 Å². The van der Waals surface area contributed by atoms with Gasteiger partial charge in [-0.1, -0.05) is 43.2 Å². The van der Waals surface area contributed by atoms with Crippen LogP contribution in [0.3, 0.4) is 0 Å². The van der Waals surface area contributed by atoms with Crippen LogP contribution in [0.25, 0.3) is 0 Å². The van der Waals surface area contributed by atoms with Crippen molar-refractivity contribution in [3.05, 3.63) is 65.5 Å². The van der Waals surface area contributed by atoms with Crippen LogP contribution < -0.4 is 9.62 Å². The molecule has 2 aromatic carbocycles. The van der Waals surface area contributed by atoms with Crippen LogP contribution in [-0.4, -0.2) is 50.5 Å². The number of benzene rings is 2. The number of halogens is 1. The van der Waals surface area contributed by atoms with Crippen molar-refractivity contribution in [1.29, 1.82) is 0 Å². The molecule has 1 N–H and O–H groups in total. The minimum atomic E-state index is -3.54. The van der Waals surface area contributed by atoms with Crippen molar-refractivity contribution in [3.8, 4) is 0 Å². The molecular weight excluding hydrogens is 469 g/mol. The third kappa shape index (κ3) is 8.98. The second-order valence-corrected chi connectivity index (χ2v) is 10.6. The summed E-state index contributed by atoms with van der Waals surface area (Å²) < 4.78 is 39.4. The summed E-state index contributed by atoms with van der Waals surface area (Å²) >= 11 is 0. The Balaban J connectivity index is 2.12. The van der Waals surface area contributed by atoms with Crippen LogP contribution in [0, 0.1) is 12.7 Å². The van der Waals surface area contributed by atoms with Crippen molar-refractivity contribution < 1.29 is 22.4 Å². The van der Waals surface area contributed by atoms with E-state index in [0.717, 1.165) is 24.7 Å². The van der Waals surface area contributed by atoms with Gasteiger partial charge >= 0.3 is 0 Å². The number of hydrogen-bond donors (Lipinski definition) is 1. The van der Waals surface area contributed by atoms with Crippen LogP contribution in [0.1, 0.15) is 50.7 Å². The largest absolute Gasteiger partial charge is 0.354 e. The molecule has 0 radical (unpaired) electrons. The normalized spacial score (nSPS) is 12.1. The molecule has 2 amide bonds. The van der Waals surface area contributed by atoms with Crippen molar-refractivity contribution in [2.75, 3.05) is 23.7 Å². The minimum Gasteiger partial charge on any atom is -0.354 e. The van der Waals surface area contributed by atoms with Gasteiger partial charge in [-0.05, 0) is 56.5 Å². The van der Waals surface area contributed by atoms with E-state index in [1.54, 1.807) is 31.2 Å². The van der Waals surface area contributed by atoms with Crippen LogP contribution in [0.4, 0.5) is 10.1 Å². The van der Waals surface area contributed by atoms with Gasteiger partial charge in [0.25, 0.3) is 0 Å². The maximum atomic E-state index is 13.3. The van der Waals surface area contributed by atoms with Crippen LogP contribution in [0.2, 0.25) is 0 Å². The van der Waals surface area contributed by atoms with E-state index < -0.39 is 16.1 Å². The first-order valence-corrected chi connectivity index (χ1v) is 13.7. The summed E-state index contributed by atoms with van der Waals surface area (Å²) in [6.07, 6.45) is 3.25. The Labute approximate surface area is 208 Å². The molecule has 0 saturated heterocycles. The molecule has 2 rings (SSSR count). The van der Waals surface area contributed by atoms with E-state index in [9.17, 15) is 22.4 Å². The van der Waals surface area contributed by atoms with Gasteiger partial charge in [0, 0.05) is 26.1 Å². The number of sulfonamides is 1. The highest BCUT2D eigenvalue weighted by molar-refractivity contribution is 7.92. The zero-order valence-electron chi connectivity index (χ0n) is 21.0. The van der Waals surface area contributed by atoms with Crippen molar-refractivity contribution in [2.24, 2.45) is 0 Å². The topological polar surface area (TPSA) is 86.8 Å². The molecule has 2 aromatic rings. The molecule has 0 aliphatic carbocycles. The zero-order chi connectivity index (χ0) is 26.0. The molecule has 0 aliphatic heterocycles. The van der Waals surface area contributed by atoms with Crippen molar-refractivity contribution in [3.63, 3.8) is 0 Å². The number of rotatable bonds is 13. The molecule has 0 fully saturated rings. The maximum Gasteiger partial charge on any atom is 0.242 e. The van der Waals surface area contributed by atoms with Gasteiger partial charge in [0.2, 0.25) is 21.8 Å². The van der Waals surface area contributed by atoms with E-state index in [1.165, 1.54) is 21.3 Å². The Kier molecular flexibility index (Phi) is 10.7. The van der Waals surface area contributed by atoms with Gasteiger partial charge in [-0.15, -0.1) is 0 Å². The fraction of sp³-hybridized carbons (Fsp3) is 0.462. The van der Waals surface area contributed by atoms with E-state index >= 15 is 0 Å². The number of hydrogen-bond acceptors (Lipinski definition) is 4. The summed E-state index contributed by atoms with van der Waals surface area (Å²) in [4.78, 5) is 27.4. The lowest BCUT2D eigenvalue weighted by Crippen LogP contribution is -2.48. The Bertz CT molecular complexity index is 1070. The Hall–Kier alpha value is -2.94. The van der Waals surface area contributed by atoms with Crippen LogP contribution in [0.15, 0.2) is 48.5 Å². The lowest BCUT2D eigenvalue weighted by Gasteiger charge is -2.29. The van der Waals surface area contributed by atoms with Crippen molar-refractivity contribution in [1.82, 2.24) is 10.2 Å². The summed E-state index contributed by atoms with van der Waals surface area (Å²) in [6.45, 7) is 6.42. The van der Waals surface area contributed by atoms with Gasteiger partial charge in [0.1, 0.15) is 11.9 Å². The monoisotopic (exact) mass is 505 g/mol. The summed E-state index contributed by atoms with van der Waals surface area (Å²) in [7, 11) is -3.54. The van der Waals surface area contributed by atoms with Crippen LogP contribution in [0.5, 0.6) is 0 Å². The summed E-state index contributed by atoms with van der Waals surface area (Å²) in [5.41, 5.74) is 2.25. The Morgan fingerprint density at radius 3 is 2.23 bits per heavy atom. The third-order valence-electron chi connectivity index (χ3n) is 5.74. The van der Waals surface area contributed by atoms with E-state index in [-0.39, 0.29) is 43.6 Å². The van der Waals surface area contributed by atoms with Gasteiger partial charge in [-0.3, -0.25) is 13.9 Å². The van der Waals surface area contributed by atoms with Gasteiger partial charge < -0.3 is 10.2 Å². The number of anilines is 1. The third-order valence-corrected chi connectivity index (χ3v) is 6.93. The molecule has 192 valence electrons. The van der Waals surface area contributed by atoms with Gasteiger partial charge in [0.15, 0.2) is 0 Å². The van der Waals surface area contributed by atoms with Gasteiger partial charge in [0.05, 0.1) is 11.9 Å². The number of nitrogens with zero attached hydrogens (tertiary/aromatic N) is 2. The van der Waals surface area contributed by atoms with E-state index in [4.69, 9.17) is 0 Å². The van der Waals surface area contributed by atoms with E-state index in [1.807, 2.05) is 26.0 Å². The van der Waals surface area contributed by atoms with Gasteiger partial charge in [-0.2, -0.15) is 0 Å². The number of carbonyl (C=O) groups is 2. The molecule has 0 bridgehead atoms. The van der Waals surface area contributed by atoms with Gasteiger partial charge in [-0.25, -0.2) is 12.8 Å². The first kappa shape index (κ1) is 28.3. The maximum absolute atomic E-state index is 13.3. The molecule has 0 aromatic heterocycles. The molecule has 1 unspecified atom stereocenters. The fourth-order valence-corrected chi connectivity index (χ4v) is 4.59. The molecule has 1 atom stereocenters. The highest BCUT2D eigenvalue weighted by Gasteiger charge is 2.26. The second kappa shape index (κ2) is 13.2. The SMILES string of the molecule is CCCCNC(=O)C(C)N(Cc1ccc(F)cc1)C(=O)CCCN(c1ccc(C)cc1)S(C)(=O)=O. The number of unbranched alkanes of at least 4 members (excludes halogenated alkanes) is 1. The number of amides is 2. The molecule has 0 saturated carbocycles. The number of aryl methyl sites for hydroxylation is 1. The van der Waals surface area contributed by atoms with E-state index in [0.29, 0.717) is 17.8 Å². The fourth-order valence-electron chi connectivity index (χ4n) is 3.62. The summed E-state index contributed by atoms with van der Waals surface area (Å²) in [5, 5.41) is 2.85. The zero-order valence-corrected chi connectivity index (χ0v) is 21.8.